The van der Waals surface area contributed by atoms with Crippen LogP contribution in [0.25, 0.3) is 0 Å². The number of carbonyl (C=O) groups excluding carboxylic acids is 1. The highest BCUT2D eigenvalue weighted by Gasteiger charge is 2.47. The molecular weight excluding hydrogens is 176 g/mol. The minimum absolute atomic E-state index is 0.283. The van der Waals surface area contributed by atoms with Crippen molar-refractivity contribution in [3.63, 3.8) is 0 Å². The molecule has 2 heteroatoms. The lowest BCUT2D eigenvalue weighted by Gasteiger charge is -2.45. The van der Waals surface area contributed by atoms with Crippen molar-refractivity contribution in [1.82, 2.24) is 0 Å². The second-order valence-corrected chi connectivity index (χ2v) is 5.56. The standard InChI is InChI=1S/C12H20O2/c1-11(2)7-5-10(13)12(9-11)6-3-4-8-14-12/h3-9H2,1-2H3/t12-/m0/s1. The topological polar surface area (TPSA) is 26.3 Å². The maximum atomic E-state index is 11.9. The summed E-state index contributed by atoms with van der Waals surface area (Å²) in [6.45, 7) is 5.28. The van der Waals surface area contributed by atoms with Crippen molar-refractivity contribution in [2.45, 2.75) is 58.0 Å². The Morgan fingerprint density at radius 2 is 2.00 bits per heavy atom. The molecule has 0 N–H and O–H groups in total. The van der Waals surface area contributed by atoms with E-state index in [1.807, 2.05) is 0 Å². The van der Waals surface area contributed by atoms with Crippen LogP contribution in [0.2, 0.25) is 0 Å². The van der Waals surface area contributed by atoms with Gasteiger partial charge in [-0.2, -0.15) is 0 Å². The van der Waals surface area contributed by atoms with Gasteiger partial charge in [0.15, 0.2) is 5.78 Å². The number of ketones is 1. The fourth-order valence-electron chi connectivity index (χ4n) is 2.85. The number of rotatable bonds is 0. The molecule has 1 atom stereocenters. The fraction of sp³-hybridized carbons (Fsp3) is 0.917. The first-order chi connectivity index (χ1) is 6.54. The molecule has 0 bridgehead atoms. The van der Waals surface area contributed by atoms with Gasteiger partial charge >= 0.3 is 0 Å². The van der Waals surface area contributed by atoms with Gasteiger partial charge in [-0.05, 0) is 37.5 Å². The summed E-state index contributed by atoms with van der Waals surface area (Å²) in [5.41, 5.74) is -0.106. The van der Waals surface area contributed by atoms with E-state index in [9.17, 15) is 4.79 Å². The van der Waals surface area contributed by atoms with Gasteiger partial charge in [0.25, 0.3) is 0 Å². The van der Waals surface area contributed by atoms with Gasteiger partial charge in [-0.3, -0.25) is 4.79 Å². The molecule has 0 aromatic carbocycles. The predicted octanol–water partition coefficient (Wildman–Crippen LogP) is 2.70. The van der Waals surface area contributed by atoms with Crippen molar-refractivity contribution in [1.29, 1.82) is 0 Å². The second kappa shape index (κ2) is 3.34. The molecule has 1 heterocycles. The van der Waals surface area contributed by atoms with Crippen molar-refractivity contribution >= 4 is 5.78 Å². The number of ether oxygens (including phenoxy) is 1. The summed E-state index contributed by atoms with van der Waals surface area (Å²) in [5.74, 6) is 0.358. The maximum absolute atomic E-state index is 11.9. The van der Waals surface area contributed by atoms with Crippen LogP contribution in [0.1, 0.15) is 52.4 Å². The van der Waals surface area contributed by atoms with Gasteiger partial charge in [0.2, 0.25) is 0 Å². The van der Waals surface area contributed by atoms with Crippen LogP contribution in [-0.4, -0.2) is 18.0 Å². The molecule has 1 saturated carbocycles. The summed E-state index contributed by atoms with van der Waals surface area (Å²) in [4.78, 5) is 11.9. The van der Waals surface area contributed by atoms with E-state index in [2.05, 4.69) is 13.8 Å². The zero-order chi connectivity index (χ0) is 10.2. The zero-order valence-electron chi connectivity index (χ0n) is 9.27. The van der Waals surface area contributed by atoms with E-state index in [0.717, 1.165) is 38.7 Å². The van der Waals surface area contributed by atoms with Crippen LogP contribution in [-0.2, 0) is 9.53 Å². The van der Waals surface area contributed by atoms with E-state index in [-0.39, 0.29) is 11.0 Å². The van der Waals surface area contributed by atoms with E-state index in [1.165, 1.54) is 0 Å². The third-order valence-corrected chi connectivity index (χ3v) is 3.65. The molecule has 0 radical (unpaired) electrons. The smallest absolute Gasteiger partial charge is 0.164 e. The van der Waals surface area contributed by atoms with Crippen LogP contribution in [0.3, 0.4) is 0 Å². The average molecular weight is 196 g/mol. The van der Waals surface area contributed by atoms with Crippen LogP contribution in [0.4, 0.5) is 0 Å². The molecule has 2 nitrogen and oxygen atoms in total. The van der Waals surface area contributed by atoms with Crippen LogP contribution in [0, 0.1) is 5.41 Å². The van der Waals surface area contributed by atoms with Crippen molar-refractivity contribution in [2.75, 3.05) is 6.61 Å². The first-order valence-electron chi connectivity index (χ1n) is 5.71. The quantitative estimate of drug-likeness (QED) is 0.595. The molecule has 0 amide bonds. The van der Waals surface area contributed by atoms with Gasteiger partial charge in [-0.25, -0.2) is 0 Å². The molecule has 1 aliphatic heterocycles. The summed E-state index contributed by atoms with van der Waals surface area (Å²) >= 11 is 0. The molecule has 0 unspecified atom stereocenters. The minimum Gasteiger partial charge on any atom is -0.367 e. The monoisotopic (exact) mass is 196 g/mol. The molecule has 1 saturated heterocycles. The Labute approximate surface area is 86.0 Å². The number of carbonyl (C=O) groups is 1. The van der Waals surface area contributed by atoms with Crippen LogP contribution < -0.4 is 0 Å². The maximum Gasteiger partial charge on any atom is 0.164 e. The number of hydrogen-bond donors (Lipinski definition) is 0. The van der Waals surface area contributed by atoms with E-state index >= 15 is 0 Å². The van der Waals surface area contributed by atoms with Gasteiger partial charge in [0.05, 0.1) is 0 Å². The van der Waals surface area contributed by atoms with E-state index in [0.29, 0.717) is 12.2 Å². The van der Waals surface area contributed by atoms with E-state index in [1.54, 1.807) is 0 Å². The molecule has 0 aromatic heterocycles. The normalized spacial score (nSPS) is 37.4. The van der Waals surface area contributed by atoms with Crippen LogP contribution in [0.15, 0.2) is 0 Å². The van der Waals surface area contributed by atoms with Gasteiger partial charge in [-0.1, -0.05) is 13.8 Å². The molecule has 2 fully saturated rings. The predicted molar refractivity (Wildman–Crippen MR) is 55.2 cm³/mol. The summed E-state index contributed by atoms with van der Waals surface area (Å²) in [5, 5.41) is 0. The summed E-state index contributed by atoms with van der Waals surface area (Å²) in [6, 6.07) is 0. The minimum atomic E-state index is -0.389. The first kappa shape index (κ1) is 10.2. The van der Waals surface area contributed by atoms with Gasteiger partial charge in [-0.15, -0.1) is 0 Å². The zero-order valence-corrected chi connectivity index (χ0v) is 9.27. The molecule has 80 valence electrons. The van der Waals surface area contributed by atoms with E-state index in [4.69, 9.17) is 4.74 Å². The molecule has 2 rings (SSSR count). The summed E-state index contributed by atoms with van der Waals surface area (Å²) < 4.78 is 5.80. The number of Topliss-reactive ketones (excluding diaryl/α,β-unsaturated/α-hetero) is 1. The van der Waals surface area contributed by atoms with Gasteiger partial charge < -0.3 is 4.74 Å². The summed E-state index contributed by atoms with van der Waals surface area (Å²) in [7, 11) is 0. The van der Waals surface area contributed by atoms with E-state index < -0.39 is 0 Å². The Bertz CT molecular complexity index is 237. The fourth-order valence-corrected chi connectivity index (χ4v) is 2.85. The molecular formula is C12H20O2. The molecule has 14 heavy (non-hydrogen) atoms. The second-order valence-electron chi connectivity index (χ2n) is 5.56. The molecule has 0 aromatic rings. The molecule has 1 aliphatic carbocycles. The molecule has 1 spiro atoms. The van der Waals surface area contributed by atoms with Crippen molar-refractivity contribution in [2.24, 2.45) is 5.41 Å². The lowest BCUT2D eigenvalue weighted by atomic mass is 9.67. The van der Waals surface area contributed by atoms with Crippen molar-refractivity contribution < 1.29 is 9.53 Å². The first-order valence-corrected chi connectivity index (χ1v) is 5.71. The Balaban J connectivity index is 2.17. The Morgan fingerprint density at radius 1 is 1.21 bits per heavy atom. The highest BCUT2D eigenvalue weighted by Crippen LogP contribution is 2.44. The summed E-state index contributed by atoms with van der Waals surface area (Å²) in [6.07, 6.45) is 5.90. The van der Waals surface area contributed by atoms with Crippen LogP contribution in [0.5, 0.6) is 0 Å². The molecule has 2 aliphatic rings. The third-order valence-electron chi connectivity index (χ3n) is 3.65. The third kappa shape index (κ3) is 1.72. The highest BCUT2D eigenvalue weighted by molar-refractivity contribution is 5.88. The lowest BCUT2D eigenvalue weighted by Crippen LogP contribution is -2.50. The highest BCUT2D eigenvalue weighted by atomic mass is 16.5. The Morgan fingerprint density at radius 3 is 2.64 bits per heavy atom. The number of hydrogen-bond acceptors (Lipinski definition) is 2. The SMILES string of the molecule is CC1(C)CCC(=O)[C@]2(CCCCO2)C1. The van der Waals surface area contributed by atoms with Crippen LogP contribution >= 0.6 is 0 Å². The van der Waals surface area contributed by atoms with Crippen molar-refractivity contribution in [3.05, 3.63) is 0 Å². The Kier molecular flexibility index (Phi) is 2.42. The Hall–Kier alpha value is -0.370. The average Bonchev–Trinajstić information content (AvgIpc) is 2.13. The van der Waals surface area contributed by atoms with Gasteiger partial charge in [0.1, 0.15) is 5.60 Å². The largest absolute Gasteiger partial charge is 0.367 e. The van der Waals surface area contributed by atoms with Crippen molar-refractivity contribution in [3.8, 4) is 0 Å². The van der Waals surface area contributed by atoms with Gasteiger partial charge in [0, 0.05) is 13.0 Å². The lowest BCUT2D eigenvalue weighted by molar-refractivity contribution is -0.164.